The monoisotopic (exact) mass is 461 g/mol. The molecule has 0 unspecified atom stereocenters. The Morgan fingerprint density at radius 3 is 2.46 bits per heavy atom. The van der Waals surface area contributed by atoms with Crippen LogP contribution < -0.4 is 4.90 Å². The number of methoxy groups -OCH3 is 2. The van der Waals surface area contributed by atoms with E-state index in [1.807, 2.05) is 0 Å². The number of benzene rings is 1. The summed E-state index contributed by atoms with van der Waals surface area (Å²) in [4.78, 5) is 37.1. The minimum atomic E-state index is -0.731. The molecule has 0 radical (unpaired) electrons. The Bertz CT molecular complexity index is 731. The molecule has 0 spiro atoms. The molecule has 0 bridgehead atoms. The average molecular weight is 463 g/mol. The highest BCUT2D eigenvalue weighted by Crippen LogP contribution is 2.37. The van der Waals surface area contributed by atoms with Crippen LogP contribution in [0.3, 0.4) is 0 Å². The van der Waals surface area contributed by atoms with Crippen molar-refractivity contribution in [1.82, 2.24) is 0 Å². The second-order valence-corrected chi connectivity index (χ2v) is 6.43. The van der Waals surface area contributed by atoms with Gasteiger partial charge in [-0.25, -0.2) is 9.59 Å². The first-order valence-electron chi connectivity index (χ1n) is 6.63. The summed E-state index contributed by atoms with van der Waals surface area (Å²) in [6, 6.07) is 3.30. The van der Waals surface area contributed by atoms with Crippen LogP contribution in [0.4, 0.5) is 5.69 Å². The molecule has 1 aliphatic rings. The molecule has 0 aliphatic carbocycles. The van der Waals surface area contributed by atoms with Crippen molar-refractivity contribution in [2.75, 3.05) is 32.5 Å². The van der Waals surface area contributed by atoms with Crippen LogP contribution in [0.25, 0.3) is 0 Å². The number of ether oxygens (including phenoxy) is 3. The van der Waals surface area contributed by atoms with E-state index in [9.17, 15) is 14.4 Å². The second kappa shape index (κ2) is 7.91. The van der Waals surface area contributed by atoms with Gasteiger partial charge in [-0.1, -0.05) is 15.9 Å². The number of carbonyl (C=O) groups excluding carboxylic acids is 3. The summed E-state index contributed by atoms with van der Waals surface area (Å²) in [6.07, 6.45) is 0.645. The fourth-order valence-electron chi connectivity index (χ4n) is 2.28. The van der Waals surface area contributed by atoms with Crippen molar-refractivity contribution in [2.24, 2.45) is 0 Å². The van der Waals surface area contributed by atoms with Crippen molar-refractivity contribution in [1.29, 1.82) is 0 Å². The maximum Gasteiger partial charge on any atom is 0.355 e. The van der Waals surface area contributed by atoms with E-state index >= 15 is 0 Å². The third kappa shape index (κ3) is 3.52. The van der Waals surface area contributed by atoms with Crippen molar-refractivity contribution in [3.8, 4) is 0 Å². The van der Waals surface area contributed by atoms with Crippen molar-refractivity contribution in [2.45, 2.75) is 0 Å². The first kappa shape index (κ1) is 18.6. The van der Waals surface area contributed by atoms with Crippen LogP contribution in [0.15, 0.2) is 32.3 Å². The van der Waals surface area contributed by atoms with Crippen LogP contribution in [-0.2, 0) is 23.8 Å². The molecule has 0 atom stereocenters. The van der Waals surface area contributed by atoms with E-state index in [0.29, 0.717) is 26.5 Å². The van der Waals surface area contributed by atoms with E-state index in [4.69, 9.17) is 14.2 Å². The van der Waals surface area contributed by atoms with Gasteiger partial charge in [0, 0.05) is 14.5 Å². The Balaban J connectivity index is 2.70. The summed E-state index contributed by atoms with van der Waals surface area (Å²) < 4.78 is 16.1. The molecular formula is C15H13Br2NO6. The highest BCUT2D eigenvalue weighted by molar-refractivity contribution is 9.11. The number of nitrogens with zero attached hydrogens (tertiary/aromatic N) is 1. The van der Waals surface area contributed by atoms with Gasteiger partial charge >= 0.3 is 11.9 Å². The summed E-state index contributed by atoms with van der Waals surface area (Å²) >= 11 is 6.67. The van der Waals surface area contributed by atoms with Gasteiger partial charge in [0.15, 0.2) is 6.29 Å². The van der Waals surface area contributed by atoms with E-state index in [2.05, 4.69) is 31.9 Å². The van der Waals surface area contributed by atoms with Crippen molar-refractivity contribution < 1.29 is 28.6 Å². The highest BCUT2D eigenvalue weighted by Gasteiger charge is 2.34. The van der Waals surface area contributed by atoms with Crippen molar-refractivity contribution in [3.63, 3.8) is 0 Å². The Hall–Kier alpha value is -1.71. The summed E-state index contributed by atoms with van der Waals surface area (Å²) in [7, 11) is 2.41. The normalized spacial score (nSPS) is 14.4. The van der Waals surface area contributed by atoms with Crippen LogP contribution in [-0.4, -0.2) is 45.8 Å². The lowest BCUT2D eigenvalue weighted by Gasteiger charge is -2.32. The average Bonchev–Trinajstić information content (AvgIpc) is 2.59. The lowest BCUT2D eigenvalue weighted by molar-refractivity contribution is -0.140. The van der Waals surface area contributed by atoms with Crippen LogP contribution >= 0.6 is 31.9 Å². The van der Waals surface area contributed by atoms with E-state index in [0.717, 1.165) is 0 Å². The Labute approximate surface area is 154 Å². The molecule has 0 saturated heterocycles. The fourth-order valence-corrected chi connectivity index (χ4v) is 3.75. The molecule has 1 aliphatic heterocycles. The largest absolute Gasteiger partial charge is 0.466 e. The van der Waals surface area contributed by atoms with Crippen molar-refractivity contribution >= 4 is 55.8 Å². The first-order valence-corrected chi connectivity index (χ1v) is 8.22. The molecule has 1 heterocycles. The predicted molar refractivity (Wildman–Crippen MR) is 91.6 cm³/mol. The molecule has 0 N–H and O–H groups in total. The first-order chi connectivity index (χ1) is 11.4. The Morgan fingerprint density at radius 2 is 1.88 bits per heavy atom. The highest BCUT2D eigenvalue weighted by atomic mass is 79.9. The van der Waals surface area contributed by atoms with Gasteiger partial charge in [0.2, 0.25) is 0 Å². The molecular weight excluding hydrogens is 450 g/mol. The predicted octanol–water partition coefficient (Wildman–Crippen LogP) is 2.42. The SMILES string of the molecule is COC(=O)C1=C(C(=O)OC)N(c2c(Br)cc(Br)cc2C=O)COC1. The molecule has 0 aromatic heterocycles. The molecule has 1 aromatic rings. The molecule has 0 amide bonds. The fraction of sp³-hybridized carbons (Fsp3) is 0.267. The second-order valence-electron chi connectivity index (χ2n) is 4.66. The van der Waals surface area contributed by atoms with Crippen LogP contribution in [0.1, 0.15) is 10.4 Å². The Morgan fingerprint density at radius 1 is 1.21 bits per heavy atom. The number of hydrogen-bond donors (Lipinski definition) is 0. The number of anilines is 1. The number of carbonyl (C=O) groups is 3. The number of aldehydes is 1. The van der Waals surface area contributed by atoms with Crippen LogP contribution in [0.2, 0.25) is 0 Å². The van der Waals surface area contributed by atoms with Crippen molar-refractivity contribution in [3.05, 3.63) is 37.9 Å². The standard InChI is InChI=1S/C15H13Br2NO6/c1-22-14(20)10-6-24-7-18(13(10)15(21)23-2)12-8(5-19)3-9(16)4-11(12)17/h3-5H,6-7H2,1-2H3. The quantitative estimate of drug-likeness (QED) is 0.502. The summed E-state index contributed by atoms with van der Waals surface area (Å²) in [6.45, 7) is -0.135. The minimum Gasteiger partial charge on any atom is -0.466 e. The minimum absolute atomic E-state index is 0.0160. The third-order valence-corrected chi connectivity index (χ3v) is 4.35. The van der Waals surface area contributed by atoms with Crippen LogP contribution in [0, 0.1) is 0 Å². The summed E-state index contributed by atoms with van der Waals surface area (Å²) in [5.41, 5.74) is 0.672. The Kier molecular flexibility index (Phi) is 6.14. The molecule has 1 aromatic carbocycles. The molecule has 9 heteroatoms. The maximum absolute atomic E-state index is 12.3. The van der Waals surface area contributed by atoms with E-state index in [1.165, 1.54) is 19.1 Å². The van der Waals surface area contributed by atoms with Crippen LogP contribution in [0.5, 0.6) is 0 Å². The van der Waals surface area contributed by atoms with Gasteiger partial charge in [-0.2, -0.15) is 0 Å². The molecule has 0 saturated carbocycles. The topological polar surface area (TPSA) is 82.1 Å². The zero-order valence-electron chi connectivity index (χ0n) is 12.8. The zero-order chi connectivity index (χ0) is 17.9. The number of rotatable bonds is 4. The number of hydrogen-bond acceptors (Lipinski definition) is 7. The molecule has 2 rings (SSSR count). The maximum atomic E-state index is 12.3. The number of esters is 2. The van der Waals surface area contributed by atoms with Gasteiger partial charge < -0.3 is 19.1 Å². The zero-order valence-corrected chi connectivity index (χ0v) is 16.0. The molecule has 128 valence electrons. The van der Waals surface area contributed by atoms with Gasteiger partial charge in [0.05, 0.1) is 32.1 Å². The number of halogens is 2. The summed E-state index contributed by atoms with van der Waals surface area (Å²) in [5, 5.41) is 0. The van der Waals surface area contributed by atoms with Gasteiger partial charge in [-0.15, -0.1) is 0 Å². The molecule has 24 heavy (non-hydrogen) atoms. The van der Waals surface area contributed by atoms with Gasteiger partial charge in [0.1, 0.15) is 12.4 Å². The molecule has 0 fully saturated rings. The smallest absolute Gasteiger partial charge is 0.355 e. The van der Waals surface area contributed by atoms with Gasteiger partial charge in [0.25, 0.3) is 0 Å². The van der Waals surface area contributed by atoms with E-state index in [-0.39, 0.29) is 24.6 Å². The van der Waals surface area contributed by atoms with E-state index < -0.39 is 11.9 Å². The molecule has 7 nitrogen and oxygen atoms in total. The van der Waals surface area contributed by atoms with E-state index in [1.54, 1.807) is 12.1 Å². The lowest BCUT2D eigenvalue weighted by atomic mass is 10.1. The third-order valence-electron chi connectivity index (χ3n) is 3.29. The van der Waals surface area contributed by atoms with Gasteiger partial charge in [-0.05, 0) is 28.1 Å². The summed E-state index contributed by atoms with van der Waals surface area (Å²) in [5.74, 6) is -1.44. The lowest BCUT2D eigenvalue weighted by Crippen LogP contribution is -2.39. The van der Waals surface area contributed by atoms with Gasteiger partial charge in [-0.3, -0.25) is 4.79 Å².